The quantitative estimate of drug-likeness (QED) is 0.145. The highest BCUT2D eigenvalue weighted by Gasteiger charge is 2.36. The molecule has 1 saturated heterocycles. The standard InChI is InChI=1S/C23H12F3N3O6S2/c24-23(25,26)14-2-1-3-15(11-14)27-21(30)20(37-22(27)36)10-13-4-7-17(8-5-13)35-19-9-6-16(28(31)32)12-18(19)29(33)34/h1-12H. The van der Waals surface area contributed by atoms with Gasteiger partial charge in [0.05, 0.1) is 32.1 Å². The summed E-state index contributed by atoms with van der Waals surface area (Å²) in [5.74, 6) is -0.605. The van der Waals surface area contributed by atoms with Crippen LogP contribution in [0.25, 0.3) is 6.08 Å². The summed E-state index contributed by atoms with van der Waals surface area (Å²) in [7, 11) is 0. The minimum Gasteiger partial charge on any atom is -0.450 e. The van der Waals surface area contributed by atoms with Crippen molar-refractivity contribution in [2.75, 3.05) is 4.90 Å². The van der Waals surface area contributed by atoms with E-state index >= 15 is 0 Å². The lowest BCUT2D eigenvalue weighted by Crippen LogP contribution is -2.27. The number of hydrogen-bond acceptors (Lipinski definition) is 8. The van der Waals surface area contributed by atoms with E-state index in [9.17, 15) is 38.2 Å². The second-order valence-corrected chi connectivity index (χ2v) is 9.08. The molecule has 1 aliphatic rings. The van der Waals surface area contributed by atoms with Crippen LogP contribution in [0.2, 0.25) is 0 Å². The molecule has 1 amide bonds. The van der Waals surface area contributed by atoms with Gasteiger partial charge >= 0.3 is 11.9 Å². The average molecular weight is 547 g/mol. The van der Waals surface area contributed by atoms with Crippen LogP contribution in [0, 0.1) is 20.2 Å². The molecule has 14 heteroatoms. The molecule has 0 spiro atoms. The summed E-state index contributed by atoms with van der Waals surface area (Å²) in [5.41, 5.74) is -1.44. The summed E-state index contributed by atoms with van der Waals surface area (Å²) < 4.78 is 44.8. The van der Waals surface area contributed by atoms with E-state index in [1.165, 1.54) is 30.3 Å². The summed E-state index contributed by atoms with van der Waals surface area (Å²) >= 11 is 6.14. The number of anilines is 1. The van der Waals surface area contributed by atoms with Gasteiger partial charge in [0.25, 0.3) is 11.6 Å². The van der Waals surface area contributed by atoms with E-state index in [0.717, 1.165) is 47.0 Å². The predicted octanol–water partition coefficient (Wildman–Crippen LogP) is 6.72. The molecule has 0 aromatic heterocycles. The van der Waals surface area contributed by atoms with Crippen molar-refractivity contribution in [2.24, 2.45) is 0 Å². The third-order valence-electron chi connectivity index (χ3n) is 4.98. The fourth-order valence-electron chi connectivity index (χ4n) is 3.27. The van der Waals surface area contributed by atoms with Crippen LogP contribution in [-0.4, -0.2) is 20.1 Å². The van der Waals surface area contributed by atoms with Crippen LogP contribution in [0.1, 0.15) is 11.1 Å². The van der Waals surface area contributed by atoms with Gasteiger partial charge in [0.2, 0.25) is 5.75 Å². The third kappa shape index (κ3) is 5.59. The molecule has 3 aromatic rings. The largest absolute Gasteiger partial charge is 0.450 e. The second kappa shape index (κ2) is 9.99. The van der Waals surface area contributed by atoms with Crippen LogP contribution in [0.15, 0.2) is 71.6 Å². The minimum atomic E-state index is -4.58. The van der Waals surface area contributed by atoms with Gasteiger partial charge in [-0.3, -0.25) is 29.9 Å². The molecule has 0 radical (unpaired) electrons. The maximum Gasteiger partial charge on any atom is 0.416 e. The van der Waals surface area contributed by atoms with E-state index in [-0.39, 0.29) is 26.4 Å². The van der Waals surface area contributed by atoms with Gasteiger partial charge in [0, 0.05) is 6.07 Å². The molecule has 0 bridgehead atoms. The molecule has 188 valence electrons. The molecule has 0 saturated carbocycles. The van der Waals surface area contributed by atoms with Crippen molar-refractivity contribution in [1.29, 1.82) is 0 Å². The monoisotopic (exact) mass is 547 g/mol. The van der Waals surface area contributed by atoms with Crippen LogP contribution in [0.3, 0.4) is 0 Å². The molecule has 0 aliphatic carbocycles. The fraction of sp³-hybridized carbons (Fsp3) is 0.0435. The van der Waals surface area contributed by atoms with E-state index in [1.807, 2.05) is 0 Å². The smallest absolute Gasteiger partial charge is 0.416 e. The molecular formula is C23H12F3N3O6S2. The van der Waals surface area contributed by atoms with Gasteiger partial charge in [-0.2, -0.15) is 13.2 Å². The molecule has 0 atom stereocenters. The first kappa shape index (κ1) is 25.8. The molecule has 37 heavy (non-hydrogen) atoms. The first-order chi connectivity index (χ1) is 17.4. The van der Waals surface area contributed by atoms with E-state index in [1.54, 1.807) is 12.1 Å². The number of thioether (sulfide) groups is 1. The number of alkyl halides is 3. The number of amides is 1. The first-order valence-electron chi connectivity index (χ1n) is 10.1. The Kier molecular flexibility index (Phi) is 6.96. The second-order valence-electron chi connectivity index (χ2n) is 7.40. The van der Waals surface area contributed by atoms with Crippen LogP contribution in [0.5, 0.6) is 11.5 Å². The van der Waals surface area contributed by atoms with Gasteiger partial charge in [-0.05, 0) is 48.0 Å². The maximum atomic E-state index is 13.1. The number of non-ortho nitro benzene ring substituents is 1. The number of thiocarbonyl (C=S) groups is 1. The van der Waals surface area contributed by atoms with Crippen molar-refractivity contribution in [3.63, 3.8) is 0 Å². The lowest BCUT2D eigenvalue weighted by Gasteiger charge is -2.16. The molecule has 0 unspecified atom stereocenters. The maximum absolute atomic E-state index is 13.1. The summed E-state index contributed by atoms with van der Waals surface area (Å²) in [6, 6.07) is 13.3. The zero-order chi connectivity index (χ0) is 26.9. The SMILES string of the molecule is O=C1C(=Cc2ccc(Oc3ccc([N+](=O)[O-])cc3[N+](=O)[O-])cc2)SC(=S)N1c1cccc(C(F)(F)F)c1. The highest BCUT2D eigenvalue weighted by molar-refractivity contribution is 8.27. The molecule has 0 N–H and O–H groups in total. The lowest BCUT2D eigenvalue weighted by molar-refractivity contribution is -0.394. The zero-order valence-corrected chi connectivity index (χ0v) is 19.8. The summed E-state index contributed by atoms with van der Waals surface area (Å²) in [6.45, 7) is 0. The highest BCUT2D eigenvalue weighted by atomic mass is 32.2. The Morgan fingerprint density at radius 2 is 1.68 bits per heavy atom. The van der Waals surface area contributed by atoms with Gasteiger partial charge in [0.15, 0.2) is 4.32 Å². The van der Waals surface area contributed by atoms with E-state index < -0.39 is 38.9 Å². The van der Waals surface area contributed by atoms with Crippen LogP contribution >= 0.6 is 24.0 Å². The van der Waals surface area contributed by atoms with Crippen molar-refractivity contribution in [3.8, 4) is 11.5 Å². The molecule has 1 heterocycles. The number of carbonyl (C=O) groups excluding carboxylic acids is 1. The Morgan fingerprint density at radius 1 is 0.973 bits per heavy atom. The Balaban J connectivity index is 1.54. The summed E-state index contributed by atoms with van der Waals surface area (Å²) in [4.78, 5) is 34.7. The zero-order valence-electron chi connectivity index (χ0n) is 18.2. The average Bonchev–Trinajstić information content (AvgIpc) is 3.12. The molecular weight excluding hydrogens is 535 g/mol. The Morgan fingerprint density at radius 3 is 2.30 bits per heavy atom. The topological polar surface area (TPSA) is 116 Å². The number of benzene rings is 3. The number of ether oxygens (including phenoxy) is 1. The minimum absolute atomic E-state index is 0.00540. The number of hydrogen-bond donors (Lipinski definition) is 0. The predicted molar refractivity (Wildman–Crippen MR) is 133 cm³/mol. The van der Waals surface area contributed by atoms with Crippen molar-refractivity contribution >= 4 is 57.3 Å². The fourth-order valence-corrected chi connectivity index (χ4v) is 4.57. The lowest BCUT2D eigenvalue weighted by atomic mass is 10.1. The van der Waals surface area contributed by atoms with E-state index in [0.29, 0.717) is 5.56 Å². The van der Waals surface area contributed by atoms with Gasteiger partial charge in [-0.15, -0.1) is 0 Å². The van der Waals surface area contributed by atoms with Crippen molar-refractivity contribution in [2.45, 2.75) is 6.18 Å². The Bertz CT molecular complexity index is 1480. The van der Waals surface area contributed by atoms with Gasteiger partial charge < -0.3 is 4.74 Å². The molecule has 1 aliphatic heterocycles. The number of halogens is 3. The van der Waals surface area contributed by atoms with E-state index in [4.69, 9.17) is 17.0 Å². The van der Waals surface area contributed by atoms with Crippen LogP contribution in [-0.2, 0) is 11.0 Å². The normalized spacial score (nSPS) is 14.8. The van der Waals surface area contributed by atoms with Crippen molar-refractivity contribution < 1.29 is 32.5 Å². The Labute approximate surface area is 215 Å². The number of nitro groups is 2. The van der Waals surface area contributed by atoms with E-state index in [2.05, 4.69) is 0 Å². The van der Waals surface area contributed by atoms with Gasteiger partial charge in [-0.25, -0.2) is 0 Å². The van der Waals surface area contributed by atoms with Gasteiger partial charge in [-0.1, -0.05) is 42.2 Å². The molecule has 1 fully saturated rings. The summed E-state index contributed by atoms with van der Waals surface area (Å²) in [6.07, 6.45) is -3.09. The number of carbonyl (C=O) groups is 1. The van der Waals surface area contributed by atoms with Gasteiger partial charge in [0.1, 0.15) is 5.75 Å². The number of rotatable bonds is 6. The number of nitro benzene ring substituents is 2. The van der Waals surface area contributed by atoms with Crippen molar-refractivity contribution in [3.05, 3.63) is 103 Å². The van der Waals surface area contributed by atoms with Crippen molar-refractivity contribution in [1.82, 2.24) is 0 Å². The first-order valence-corrected chi connectivity index (χ1v) is 11.3. The Hall–Kier alpha value is -4.30. The summed E-state index contributed by atoms with van der Waals surface area (Å²) in [5, 5.41) is 22.2. The molecule has 3 aromatic carbocycles. The van der Waals surface area contributed by atoms with Crippen LogP contribution in [0.4, 0.5) is 30.2 Å². The number of nitrogens with zero attached hydrogens (tertiary/aromatic N) is 3. The highest BCUT2D eigenvalue weighted by Crippen LogP contribution is 2.39. The van der Waals surface area contributed by atoms with Crippen LogP contribution < -0.4 is 9.64 Å². The molecule has 9 nitrogen and oxygen atoms in total. The third-order valence-corrected chi connectivity index (χ3v) is 6.28. The molecule has 4 rings (SSSR count).